The fourth-order valence-corrected chi connectivity index (χ4v) is 2.81. The van der Waals surface area contributed by atoms with Crippen LogP contribution in [0, 0.1) is 5.92 Å². The molecule has 0 aromatic rings. The van der Waals surface area contributed by atoms with Crippen LogP contribution < -0.4 is 5.32 Å². The van der Waals surface area contributed by atoms with Crippen LogP contribution in [-0.4, -0.2) is 70.2 Å². The van der Waals surface area contributed by atoms with E-state index in [0.717, 1.165) is 32.4 Å². The second kappa shape index (κ2) is 8.56. The van der Waals surface area contributed by atoms with Crippen molar-refractivity contribution in [3.05, 3.63) is 0 Å². The largest absolute Gasteiger partial charge is 0.385 e. The molecular formula is C14H26N2O4. The Bertz CT molecular complexity index is 295. The molecule has 6 nitrogen and oxygen atoms in total. The fourth-order valence-electron chi connectivity index (χ4n) is 2.81. The zero-order chi connectivity index (χ0) is 14.2. The minimum absolute atomic E-state index is 0.0671. The van der Waals surface area contributed by atoms with Crippen LogP contribution in [0.4, 0.5) is 0 Å². The number of likely N-dealkylation sites (tertiary alicyclic amines) is 1. The Morgan fingerprint density at radius 1 is 1.40 bits per heavy atom. The number of hydrogen-bond acceptors (Lipinski definition) is 5. The molecule has 2 rings (SSSR count). The summed E-state index contributed by atoms with van der Waals surface area (Å²) >= 11 is 0. The average molecular weight is 286 g/mol. The molecule has 116 valence electrons. The number of ether oxygens (including phenoxy) is 3. The Balaban J connectivity index is 1.65. The second-order valence-corrected chi connectivity index (χ2v) is 5.44. The van der Waals surface area contributed by atoms with E-state index in [0.29, 0.717) is 38.8 Å². The lowest BCUT2D eigenvalue weighted by molar-refractivity contribution is -0.125. The number of amides is 1. The summed E-state index contributed by atoms with van der Waals surface area (Å²) in [5.41, 5.74) is 0. The van der Waals surface area contributed by atoms with Crippen LogP contribution in [0.3, 0.4) is 0 Å². The number of methoxy groups -OCH3 is 1. The Morgan fingerprint density at radius 3 is 2.95 bits per heavy atom. The monoisotopic (exact) mass is 286 g/mol. The van der Waals surface area contributed by atoms with Gasteiger partial charge in [-0.2, -0.15) is 0 Å². The maximum absolute atomic E-state index is 11.8. The molecule has 1 unspecified atom stereocenters. The zero-order valence-electron chi connectivity index (χ0n) is 12.3. The first-order valence-electron chi connectivity index (χ1n) is 7.51. The summed E-state index contributed by atoms with van der Waals surface area (Å²) in [7, 11) is 1.67. The van der Waals surface area contributed by atoms with Gasteiger partial charge in [-0.3, -0.25) is 9.69 Å². The van der Waals surface area contributed by atoms with E-state index in [-0.39, 0.29) is 12.2 Å². The normalized spacial score (nSPS) is 24.9. The molecule has 0 saturated carbocycles. The van der Waals surface area contributed by atoms with Crippen LogP contribution in [0.15, 0.2) is 0 Å². The van der Waals surface area contributed by atoms with Crippen molar-refractivity contribution in [2.24, 2.45) is 5.92 Å². The van der Waals surface area contributed by atoms with E-state index >= 15 is 0 Å². The summed E-state index contributed by atoms with van der Waals surface area (Å²) in [6, 6.07) is 0. The molecule has 2 heterocycles. The van der Waals surface area contributed by atoms with Crippen molar-refractivity contribution in [2.45, 2.75) is 25.6 Å². The number of piperidine rings is 1. The fraction of sp³-hybridized carbons (Fsp3) is 0.929. The molecule has 0 spiro atoms. The highest BCUT2D eigenvalue weighted by Gasteiger charge is 2.31. The van der Waals surface area contributed by atoms with Gasteiger partial charge < -0.3 is 19.5 Å². The van der Waals surface area contributed by atoms with Gasteiger partial charge in [-0.25, -0.2) is 0 Å². The number of hydrogen-bond donors (Lipinski definition) is 1. The highest BCUT2D eigenvalue weighted by Crippen LogP contribution is 2.24. The Labute approximate surface area is 120 Å². The van der Waals surface area contributed by atoms with Crippen LogP contribution in [0.5, 0.6) is 0 Å². The van der Waals surface area contributed by atoms with Gasteiger partial charge in [0.1, 0.15) is 0 Å². The van der Waals surface area contributed by atoms with Crippen LogP contribution in [0.2, 0.25) is 0 Å². The minimum Gasteiger partial charge on any atom is -0.385 e. The lowest BCUT2D eigenvalue weighted by Crippen LogP contribution is -2.45. The van der Waals surface area contributed by atoms with Crippen molar-refractivity contribution in [3.8, 4) is 0 Å². The summed E-state index contributed by atoms with van der Waals surface area (Å²) in [6.45, 7) is 5.09. The van der Waals surface area contributed by atoms with Gasteiger partial charge >= 0.3 is 0 Å². The first-order chi connectivity index (χ1) is 9.79. The molecule has 0 bridgehead atoms. The smallest absolute Gasteiger partial charge is 0.234 e. The van der Waals surface area contributed by atoms with E-state index in [2.05, 4.69) is 10.2 Å². The maximum Gasteiger partial charge on any atom is 0.234 e. The Morgan fingerprint density at radius 2 is 2.20 bits per heavy atom. The molecule has 6 heteroatoms. The predicted molar refractivity (Wildman–Crippen MR) is 74.4 cm³/mol. The van der Waals surface area contributed by atoms with E-state index in [9.17, 15) is 4.79 Å². The number of carbonyl (C=O) groups is 1. The zero-order valence-corrected chi connectivity index (χ0v) is 12.3. The molecule has 0 aromatic carbocycles. The lowest BCUT2D eigenvalue weighted by Gasteiger charge is -2.34. The van der Waals surface area contributed by atoms with Crippen molar-refractivity contribution in [1.29, 1.82) is 0 Å². The van der Waals surface area contributed by atoms with E-state index in [1.165, 1.54) is 0 Å². The summed E-state index contributed by atoms with van der Waals surface area (Å²) in [6.07, 6.45) is 3.01. The molecule has 2 aliphatic rings. The van der Waals surface area contributed by atoms with E-state index in [4.69, 9.17) is 14.2 Å². The average Bonchev–Trinajstić information content (AvgIpc) is 2.98. The molecule has 0 radical (unpaired) electrons. The van der Waals surface area contributed by atoms with Crippen molar-refractivity contribution in [2.75, 3.05) is 53.1 Å². The highest BCUT2D eigenvalue weighted by molar-refractivity contribution is 5.77. The third kappa shape index (κ3) is 5.01. The summed E-state index contributed by atoms with van der Waals surface area (Å²) in [5, 5.41) is 2.93. The number of nitrogens with zero attached hydrogens (tertiary/aromatic N) is 1. The van der Waals surface area contributed by atoms with E-state index in [1.54, 1.807) is 7.11 Å². The van der Waals surface area contributed by atoms with Crippen LogP contribution in [-0.2, 0) is 19.0 Å². The van der Waals surface area contributed by atoms with E-state index < -0.39 is 0 Å². The topological polar surface area (TPSA) is 60.0 Å². The van der Waals surface area contributed by atoms with Gasteiger partial charge in [0.15, 0.2) is 6.29 Å². The van der Waals surface area contributed by atoms with Gasteiger partial charge in [-0.05, 0) is 25.8 Å². The molecule has 2 aliphatic heterocycles. The molecule has 20 heavy (non-hydrogen) atoms. The lowest BCUT2D eigenvalue weighted by atomic mass is 9.97. The van der Waals surface area contributed by atoms with Gasteiger partial charge in [0.25, 0.3) is 0 Å². The van der Waals surface area contributed by atoms with Gasteiger partial charge in [-0.15, -0.1) is 0 Å². The van der Waals surface area contributed by atoms with Gasteiger partial charge in [-0.1, -0.05) is 0 Å². The molecule has 0 aromatic heterocycles. The van der Waals surface area contributed by atoms with Crippen LogP contribution in [0.1, 0.15) is 19.3 Å². The van der Waals surface area contributed by atoms with Crippen LogP contribution in [0.25, 0.3) is 0 Å². The van der Waals surface area contributed by atoms with Gasteiger partial charge in [0.2, 0.25) is 5.91 Å². The molecular weight excluding hydrogens is 260 g/mol. The highest BCUT2D eigenvalue weighted by atomic mass is 16.7. The molecule has 1 atom stereocenters. The minimum atomic E-state index is -0.0671. The predicted octanol–water partition coefficient (Wildman–Crippen LogP) is 0.224. The second-order valence-electron chi connectivity index (χ2n) is 5.44. The Hall–Kier alpha value is -0.690. The van der Waals surface area contributed by atoms with Crippen molar-refractivity contribution < 1.29 is 19.0 Å². The van der Waals surface area contributed by atoms with E-state index in [1.807, 2.05) is 0 Å². The SMILES string of the molecule is COCCCNC(=O)CN1CCCC(C2OCCO2)C1. The van der Waals surface area contributed by atoms with Gasteiger partial charge in [0, 0.05) is 32.7 Å². The third-order valence-corrected chi connectivity index (χ3v) is 3.79. The molecule has 2 saturated heterocycles. The molecule has 1 amide bonds. The Kier molecular flexibility index (Phi) is 6.72. The summed E-state index contributed by atoms with van der Waals surface area (Å²) in [4.78, 5) is 14.0. The quantitative estimate of drug-likeness (QED) is 0.679. The first-order valence-corrected chi connectivity index (χ1v) is 7.51. The summed E-state index contributed by atoms with van der Waals surface area (Å²) < 4.78 is 16.1. The van der Waals surface area contributed by atoms with Crippen molar-refractivity contribution >= 4 is 5.91 Å². The molecule has 0 aliphatic carbocycles. The molecule has 1 N–H and O–H groups in total. The number of carbonyl (C=O) groups excluding carboxylic acids is 1. The third-order valence-electron chi connectivity index (χ3n) is 3.79. The molecule has 2 fully saturated rings. The first kappa shape index (κ1) is 15.7. The number of nitrogens with one attached hydrogen (secondary N) is 1. The van der Waals surface area contributed by atoms with Crippen LogP contribution >= 0.6 is 0 Å². The standard InChI is InChI=1S/C14H26N2O4/c1-18-7-3-5-15-13(17)11-16-6-2-4-12(10-16)14-19-8-9-20-14/h12,14H,2-11H2,1H3,(H,15,17). The maximum atomic E-state index is 11.8. The van der Waals surface area contributed by atoms with Gasteiger partial charge in [0.05, 0.1) is 19.8 Å². The van der Waals surface area contributed by atoms with Crippen molar-refractivity contribution in [3.63, 3.8) is 0 Å². The number of rotatable bonds is 7. The van der Waals surface area contributed by atoms with Crippen molar-refractivity contribution in [1.82, 2.24) is 10.2 Å². The summed E-state index contributed by atoms with van der Waals surface area (Å²) in [5.74, 6) is 0.488.